The maximum Gasteiger partial charge on any atom is 0.180 e. The summed E-state index contributed by atoms with van der Waals surface area (Å²) >= 11 is 1.49. The van der Waals surface area contributed by atoms with E-state index in [1.807, 2.05) is 19.2 Å². The van der Waals surface area contributed by atoms with Crippen LogP contribution in [-0.4, -0.2) is 15.0 Å². The zero-order valence-corrected chi connectivity index (χ0v) is 10.5. The van der Waals surface area contributed by atoms with Gasteiger partial charge in [0.05, 0.1) is 16.3 Å². The zero-order chi connectivity index (χ0) is 11.8. The lowest BCUT2D eigenvalue weighted by Crippen LogP contribution is -2.12. The van der Waals surface area contributed by atoms with Gasteiger partial charge in [-0.05, 0) is 25.8 Å². The third-order valence-corrected chi connectivity index (χ3v) is 4.20. The molecule has 0 spiro atoms. The quantitative estimate of drug-likeness (QED) is 0.885. The Morgan fingerprint density at radius 2 is 2.18 bits per heavy atom. The van der Waals surface area contributed by atoms with Crippen LogP contribution in [0.25, 0.3) is 10.6 Å². The van der Waals surface area contributed by atoms with Crippen molar-refractivity contribution in [1.29, 1.82) is 0 Å². The molecule has 4 nitrogen and oxygen atoms in total. The van der Waals surface area contributed by atoms with Gasteiger partial charge in [-0.1, -0.05) is 17.8 Å². The van der Waals surface area contributed by atoms with E-state index in [1.54, 1.807) is 0 Å². The summed E-state index contributed by atoms with van der Waals surface area (Å²) in [4.78, 5) is 14.3. The van der Waals surface area contributed by atoms with E-state index in [0.29, 0.717) is 11.0 Å². The monoisotopic (exact) mass is 246 g/mol. The second kappa shape index (κ2) is 4.07. The molecule has 0 radical (unpaired) electrons. The molecule has 2 N–H and O–H groups in total. The smallest absolute Gasteiger partial charge is 0.180 e. The van der Waals surface area contributed by atoms with E-state index < -0.39 is 0 Å². The number of anilines is 1. The molecule has 2 heterocycles. The summed E-state index contributed by atoms with van der Waals surface area (Å²) in [5, 5.41) is 0.598. The molecule has 2 aromatic heterocycles. The molecule has 1 aliphatic carbocycles. The van der Waals surface area contributed by atoms with Crippen LogP contribution in [0.3, 0.4) is 0 Å². The zero-order valence-electron chi connectivity index (χ0n) is 9.68. The Kier molecular flexibility index (Phi) is 2.55. The van der Waals surface area contributed by atoms with Crippen molar-refractivity contribution >= 4 is 16.5 Å². The number of aryl methyl sites for hydroxylation is 1. The van der Waals surface area contributed by atoms with Gasteiger partial charge in [-0.25, -0.2) is 15.0 Å². The summed E-state index contributed by atoms with van der Waals surface area (Å²) in [5.41, 5.74) is 7.62. The number of hydrogen-bond acceptors (Lipinski definition) is 5. The molecule has 88 valence electrons. The van der Waals surface area contributed by atoms with Crippen LogP contribution in [0.1, 0.15) is 36.7 Å². The first-order chi connectivity index (χ1) is 8.24. The molecule has 17 heavy (non-hydrogen) atoms. The van der Waals surface area contributed by atoms with Gasteiger partial charge in [-0.2, -0.15) is 0 Å². The highest BCUT2D eigenvalue weighted by atomic mass is 32.1. The molecule has 2 aromatic rings. The van der Waals surface area contributed by atoms with Gasteiger partial charge in [-0.3, -0.25) is 0 Å². The molecule has 1 saturated carbocycles. The highest BCUT2D eigenvalue weighted by molar-refractivity contribution is 7.18. The SMILES string of the molecule is Cc1nc(N)sc1-c1ccnc(C2CCC2)n1. The van der Waals surface area contributed by atoms with Crippen LogP contribution in [0.4, 0.5) is 5.13 Å². The number of nitrogens with two attached hydrogens (primary N) is 1. The molecule has 5 heteroatoms. The van der Waals surface area contributed by atoms with E-state index in [-0.39, 0.29) is 0 Å². The molecular formula is C12H14N4S. The minimum atomic E-state index is 0.556. The Labute approximate surface area is 104 Å². The molecule has 0 bridgehead atoms. The maximum atomic E-state index is 5.72. The standard InChI is InChI=1S/C12H14N4S/c1-7-10(17-12(13)15-7)9-5-6-14-11(16-9)8-3-2-4-8/h5-6,8H,2-4H2,1H3,(H2,13,15). The average molecular weight is 246 g/mol. The van der Waals surface area contributed by atoms with Crippen molar-refractivity contribution < 1.29 is 0 Å². The Bertz CT molecular complexity index is 545. The summed E-state index contributed by atoms with van der Waals surface area (Å²) in [5.74, 6) is 1.53. The van der Waals surface area contributed by atoms with Crippen LogP contribution >= 0.6 is 11.3 Å². The number of thiazole rings is 1. The van der Waals surface area contributed by atoms with Crippen LogP contribution in [0.15, 0.2) is 12.3 Å². The van der Waals surface area contributed by atoms with Crippen molar-refractivity contribution in [3.8, 4) is 10.6 Å². The number of nitrogen functional groups attached to an aromatic ring is 1. The number of nitrogens with zero attached hydrogens (tertiary/aromatic N) is 3. The first-order valence-electron chi connectivity index (χ1n) is 5.80. The van der Waals surface area contributed by atoms with Crippen molar-refractivity contribution in [2.24, 2.45) is 0 Å². The van der Waals surface area contributed by atoms with Crippen molar-refractivity contribution in [2.75, 3.05) is 5.73 Å². The van der Waals surface area contributed by atoms with Gasteiger partial charge >= 0.3 is 0 Å². The largest absolute Gasteiger partial charge is 0.375 e. The van der Waals surface area contributed by atoms with Crippen LogP contribution < -0.4 is 5.73 Å². The highest BCUT2D eigenvalue weighted by Crippen LogP contribution is 2.36. The number of rotatable bonds is 2. The highest BCUT2D eigenvalue weighted by Gasteiger charge is 2.22. The van der Waals surface area contributed by atoms with Crippen molar-refractivity contribution in [1.82, 2.24) is 15.0 Å². The summed E-state index contributed by atoms with van der Waals surface area (Å²) in [6, 6.07) is 1.93. The normalized spacial score (nSPS) is 15.8. The minimum Gasteiger partial charge on any atom is -0.375 e. The topological polar surface area (TPSA) is 64.7 Å². The van der Waals surface area contributed by atoms with Crippen LogP contribution in [0.2, 0.25) is 0 Å². The summed E-state index contributed by atoms with van der Waals surface area (Å²) < 4.78 is 0. The van der Waals surface area contributed by atoms with Gasteiger partial charge in [0.15, 0.2) is 5.13 Å². The number of aromatic nitrogens is 3. The summed E-state index contributed by atoms with van der Waals surface area (Å²) in [7, 11) is 0. The molecule has 0 saturated heterocycles. The number of hydrogen-bond donors (Lipinski definition) is 1. The van der Waals surface area contributed by atoms with Gasteiger partial charge in [0.2, 0.25) is 0 Å². The van der Waals surface area contributed by atoms with E-state index in [2.05, 4.69) is 15.0 Å². The third kappa shape index (κ3) is 1.91. The Balaban J connectivity index is 1.99. The van der Waals surface area contributed by atoms with Gasteiger partial charge < -0.3 is 5.73 Å². The molecule has 0 unspecified atom stereocenters. The van der Waals surface area contributed by atoms with Crippen molar-refractivity contribution in [3.05, 3.63) is 23.8 Å². The van der Waals surface area contributed by atoms with Gasteiger partial charge in [0, 0.05) is 12.1 Å². The van der Waals surface area contributed by atoms with Gasteiger partial charge in [0.25, 0.3) is 0 Å². The predicted octanol–water partition coefficient (Wildman–Crippen LogP) is 2.76. The minimum absolute atomic E-state index is 0.556. The summed E-state index contributed by atoms with van der Waals surface area (Å²) in [6.07, 6.45) is 5.57. The average Bonchev–Trinajstić information content (AvgIpc) is 2.56. The maximum absolute atomic E-state index is 5.72. The first-order valence-corrected chi connectivity index (χ1v) is 6.62. The second-order valence-corrected chi connectivity index (χ2v) is 5.43. The molecule has 0 amide bonds. The molecule has 0 aromatic carbocycles. The molecule has 0 aliphatic heterocycles. The van der Waals surface area contributed by atoms with E-state index >= 15 is 0 Å². The van der Waals surface area contributed by atoms with E-state index in [1.165, 1.54) is 30.6 Å². The molecule has 0 atom stereocenters. The van der Waals surface area contributed by atoms with Crippen molar-refractivity contribution in [3.63, 3.8) is 0 Å². The lowest BCUT2D eigenvalue weighted by Gasteiger charge is -2.23. The lowest BCUT2D eigenvalue weighted by atomic mass is 9.85. The predicted molar refractivity (Wildman–Crippen MR) is 68.9 cm³/mol. The van der Waals surface area contributed by atoms with E-state index in [4.69, 9.17) is 5.73 Å². The fourth-order valence-corrected chi connectivity index (χ4v) is 2.82. The second-order valence-electron chi connectivity index (χ2n) is 4.39. The van der Waals surface area contributed by atoms with Crippen LogP contribution in [-0.2, 0) is 0 Å². The Morgan fingerprint density at radius 3 is 2.76 bits per heavy atom. The molecule has 3 rings (SSSR count). The van der Waals surface area contributed by atoms with Gasteiger partial charge in [0.1, 0.15) is 5.82 Å². The lowest BCUT2D eigenvalue weighted by molar-refractivity contribution is 0.401. The van der Waals surface area contributed by atoms with E-state index in [0.717, 1.165) is 22.1 Å². The fourth-order valence-electron chi connectivity index (χ4n) is 2.02. The van der Waals surface area contributed by atoms with E-state index in [9.17, 15) is 0 Å². The van der Waals surface area contributed by atoms with Crippen LogP contribution in [0, 0.1) is 6.92 Å². The molecular weight excluding hydrogens is 232 g/mol. The molecule has 1 aliphatic rings. The third-order valence-electron chi connectivity index (χ3n) is 3.19. The Morgan fingerprint density at radius 1 is 1.35 bits per heavy atom. The molecule has 1 fully saturated rings. The fraction of sp³-hybridized carbons (Fsp3) is 0.417. The Hall–Kier alpha value is -1.49. The first kappa shape index (κ1) is 10.7. The summed E-state index contributed by atoms with van der Waals surface area (Å²) in [6.45, 7) is 1.97. The van der Waals surface area contributed by atoms with Crippen LogP contribution in [0.5, 0.6) is 0 Å². The van der Waals surface area contributed by atoms with Gasteiger partial charge in [-0.15, -0.1) is 0 Å². The van der Waals surface area contributed by atoms with Crippen molar-refractivity contribution in [2.45, 2.75) is 32.1 Å².